The molecule has 4 amide bonds. The van der Waals surface area contributed by atoms with Gasteiger partial charge < -0.3 is 10.2 Å². The standard InChI is InChI=1S/C15H28N4O3/c1-10(2)16-15(22)17-14(21)11(3)19-8-6-13(7-9-19)18(5)12(4)20/h10-11,13H,6-9H2,1-5H3,(H2,16,17,21,22). The average Bonchev–Trinajstić information content (AvgIpc) is 2.44. The molecule has 2 N–H and O–H groups in total. The van der Waals surface area contributed by atoms with Crippen LogP contribution in [0.25, 0.3) is 0 Å². The zero-order valence-electron chi connectivity index (χ0n) is 14.2. The number of nitrogens with zero attached hydrogens (tertiary/aromatic N) is 2. The van der Waals surface area contributed by atoms with Crippen molar-refractivity contribution in [2.45, 2.75) is 58.7 Å². The van der Waals surface area contributed by atoms with Crippen molar-refractivity contribution in [3.63, 3.8) is 0 Å². The average molecular weight is 312 g/mol. The number of carbonyl (C=O) groups is 3. The molecule has 1 aliphatic rings. The molecular weight excluding hydrogens is 284 g/mol. The number of urea groups is 1. The normalized spacial score (nSPS) is 17.9. The van der Waals surface area contributed by atoms with Crippen LogP contribution in [0.2, 0.25) is 0 Å². The van der Waals surface area contributed by atoms with Crippen LogP contribution in [-0.2, 0) is 9.59 Å². The smallest absolute Gasteiger partial charge is 0.321 e. The molecule has 0 aromatic carbocycles. The van der Waals surface area contributed by atoms with Crippen LogP contribution >= 0.6 is 0 Å². The van der Waals surface area contributed by atoms with Crippen molar-refractivity contribution in [3.05, 3.63) is 0 Å². The second kappa shape index (κ2) is 8.12. The van der Waals surface area contributed by atoms with Gasteiger partial charge in [0, 0.05) is 39.1 Å². The van der Waals surface area contributed by atoms with E-state index in [0.717, 1.165) is 25.9 Å². The summed E-state index contributed by atoms with van der Waals surface area (Å²) in [4.78, 5) is 38.8. The number of amides is 4. The summed E-state index contributed by atoms with van der Waals surface area (Å²) in [5, 5.41) is 5.00. The van der Waals surface area contributed by atoms with E-state index < -0.39 is 6.03 Å². The molecule has 126 valence electrons. The molecule has 7 heteroatoms. The highest BCUT2D eigenvalue weighted by Gasteiger charge is 2.29. The zero-order valence-corrected chi connectivity index (χ0v) is 14.2. The molecular formula is C15H28N4O3. The Hall–Kier alpha value is -1.63. The van der Waals surface area contributed by atoms with E-state index in [4.69, 9.17) is 0 Å². The Morgan fingerprint density at radius 2 is 1.68 bits per heavy atom. The van der Waals surface area contributed by atoms with Crippen molar-refractivity contribution in [1.29, 1.82) is 0 Å². The highest BCUT2D eigenvalue weighted by Crippen LogP contribution is 2.17. The van der Waals surface area contributed by atoms with Gasteiger partial charge in [0.15, 0.2) is 0 Å². The van der Waals surface area contributed by atoms with Gasteiger partial charge in [0.1, 0.15) is 0 Å². The molecule has 0 spiro atoms. The van der Waals surface area contributed by atoms with Crippen molar-refractivity contribution in [2.75, 3.05) is 20.1 Å². The molecule has 1 rings (SSSR count). The molecule has 22 heavy (non-hydrogen) atoms. The maximum atomic E-state index is 12.1. The molecule has 1 heterocycles. The van der Waals surface area contributed by atoms with Crippen molar-refractivity contribution in [1.82, 2.24) is 20.4 Å². The van der Waals surface area contributed by atoms with E-state index in [9.17, 15) is 14.4 Å². The Morgan fingerprint density at radius 3 is 2.14 bits per heavy atom. The maximum absolute atomic E-state index is 12.1. The van der Waals surface area contributed by atoms with Crippen LogP contribution in [0.3, 0.4) is 0 Å². The van der Waals surface area contributed by atoms with Crippen LogP contribution in [-0.4, -0.2) is 65.9 Å². The number of hydrogen-bond acceptors (Lipinski definition) is 4. The second-order valence-corrected chi connectivity index (χ2v) is 6.19. The molecule has 7 nitrogen and oxygen atoms in total. The Morgan fingerprint density at radius 1 is 1.14 bits per heavy atom. The molecule has 0 radical (unpaired) electrons. The van der Waals surface area contributed by atoms with Gasteiger partial charge in [0.05, 0.1) is 6.04 Å². The minimum atomic E-state index is -0.460. The van der Waals surface area contributed by atoms with Gasteiger partial charge in [0.25, 0.3) is 0 Å². The topological polar surface area (TPSA) is 81.8 Å². The summed E-state index contributed by atoms with van der Waals surface area (Å²) in [6.07, 6.45) is 1.68. The summed E-state index contributed by atoms with van der Waals surface area (Å²) in [6.45, 7) is 8.52. The first-order valence-corrected chi connectivity index (χ1v) is 7.81. The fourth-order valence-electron chi connectivity index (χ4n) is 2.60. The van der Waals surface area contributed by atoms with Crippen LogP contribution in [0, 0.1) is 0 Å². The van der Waals surface area contributed by atoms with E-state index >= 15 is 0 Å². The molecule has 1 unspecified atom stereocenters. The summed E-state index contributed by atoms with van der Waals surface area (Å²) in [6, 6.07) is -0.603. The molecule has 1 fully saturated rings. The number of hydrogen-bond donors (Lipinski definition) is 2. The first-order chi connectivity index (χ1) is 10.2. The molecule has 0 aromatic rings. The zero-order chi connectivity index (χ0) is 16.9. The van der Waals surface area contributed by atoms with E-state index in [1.165, 1.54) is 0 Å². The lowest BCUT2D eigenvalue weighted by atomic mass is 10.0. The van der Waals surface area contributed by atoms with Crippen molar-refractivity contribution < 1.29 is 14.4 Å². The largest absolute Gasteiger partial charge is 0.343 e. The lowest BCUT2D eigenvalue weighted by molar-refractivity contribution is -0.131. The Labute approximate surface area is 132 Å². The Kier molecular flexibility index (Phi) is 6.80. The first-order valence-electron chi connectivity index (χ1n) is 7.81. The van der Waals surface area contributed by atoms with Gasteiger partial charge in [-0.1, -0.05) is 0 Å². The van der Waals surface area contributed by atoms with Gasteiger partial charge in [-0.15, -0.1) is 0 Å². The molecule has 1 aliphatic heterocycles. The van der Waals surface area contributed by atoms with Gasteiger partial charge >= 0.3 is 6.03 Å². The van der Waals surface area contributed by atoms with E-state index in [2.05, 4.69) is 10.6 Å². The predicted molar refractivity (Wildman–Crippen MR) is 84.3 cm³/mol. The summed E-state index contributed by atoms with van der Waals surface area (Å²) >= 11 is 0. The predicted octanol–water partition coefficient (Wildman–Crippen LogP) is 0.552. The minimum Gasteiger partial charge on any atom is -0.343 e. The second-order valence-electron chi connectivity index (χ2n) is 6.19. The maximum Gasteiger partial charge on any atom is 0.321 e. The summed E-state index contributed by atoms with van der Waals surface area (Å²) in [5.74, 6) is -0.230. The van der Waals surface area contributed by atoms with Crippen molar-refractivity contribution >= 4 is 17.8 Å². The number of piperidine rings is 1. The lowest BCUT2D eigenvalue weighted by Gasteiger charge is -2.38. The van der Waals surface area contributed by atoms with E-state index in [1.54, 1.807) is 18.7 Å². The number of imide groups is 1. The minimum absolute atomic E-state index is 0.0130. The van der Waals surface area contributed by atoms with Crippen LogP contribution < -0.4 is 10.6 Å². The molecule has 0 saturated carbocycles. The fourth-order valence-corrected chi connectivity index (χ4v) is 2.60. The number of likely N-dealkylation sites (tertiary alicyclic amines) is 1. The molecule has 0 bridgehead atoms. The van der Waals surface area contributed by atoms with Crippen LogP contribution in [0.1, 0.15) is 40.5 Å². The van der Waals surface area contributed by atoms with Gasteiger partial charge in [-0.3, -0.25) is 19.8 Å². The Balaban J connectivity index is 2.44. The van der Waals surface area contributed by atoms with Crippen LogP contribution in [0.4, 0.5) is 4.79 Å². The summed E-state index contributed by atoms with van der Waals surface area (Å²) in [7, 11) is 1.81. The van der Waals surface area contributed by atoms with Gasteiger partial charge in [0.2, 0.25) is 11.8 Å². The van der Waals surface area contributed by atoms with Gasteiger partial charge in [-0.2, -0.15) is 0 Å². The highest BCUT2D eigenvalue weighted by molar-refractivity contribution is 5.96. The SMILES string of the molecule is CC(=O)N(C)C1CCN(C(C)C(=O)NC(=O)NC(C)C)CC1. The third-order valence-electron chi connectivity index (χ3n) is 4.13. The summed E-state index contributed by atoms with van der Waals surface area (Å²) in [5.41, 5.74) is 0. The van der Waals surface area contributed by atoms with Gasteiger partial charge in [-0.25, -0.2) is 4.79 Å². The summed E-state index contributed by atoms with van der Waals surface area (Å²) < 4.78 is 0. The highest BCUT2D eigenvalue weighted by atomic mass is 16.2. The molecule has 0 aliphatic carbocycles. The fraction of sp³-hybridized carbons (Fsp3) is 0.800. The third kappa shape index (κ3) is 5.29. The first kappa shape index (κ1) is 18.4. The lowest BCUT2D eigenvalue weighted by Crippen LogP contribution is -2.54. The number of rotatable bonds is 4. The van der Waals surface area contributed by atoms with E-state index in [0.29, 0.717) is 0 Å². The molecule has 0 aromatic heterocycles. The molecule has 1 saturated heterocycles. The van der Waals surface area contributed by atoms with Crippen molar-refractivity contribution in [3.8, 4) is 0 Å². The monoisotopic (exact) mass is 312 g/mol. The molecule has 1 atom stereocenters. The van der Waals surface area contributed by atoms with Gasteiger partial charge in [-0.05, 0) is 33.6 Å². The van der Waals surface area contributed by atoms with E-state index in [-0.39, 0.29) is 29.9 Å². The van der Waals surface area contributed by atoms with E-state index in [1.807, 2.05) is 25.8 Å². The van der Waals surface area contributed by atoms with Crippen LogP contribution in [0.15, 0.2) is 0 Å². The van der Waals surface area contributed by atoms with Crippen molar-refractivity contribution in [2.24, 2.45) is 0 Å². The quantitative estimate of drug-likeness (QED) is 0.794. The number of carbonyl (C=O) groups excluding carboxylic acids is 3. The number of nitrogens with one attached hydrogen (secondary N) is 2. The Bertz CT molecular complexity index is 417. The third-order valence-corrected chi connectivity index (χ3v) is 4.13. The van der Waals surface area contributed by atoms with Crippen LogP contribution in [0.5, 0.6) is 0 Å².